The second kappa shape index (κ2) is 7.99. The molecule has 0 spiro atoms. The van der Waals surface area contributed by atoms with Crippen molar-refractivity contribution in [3.05, 3.63) is 70.2 Å². The number of aliphatic hydroxyl groups excluding tert-OH is 1. The van der Waals surface area contributed by atoms with Crippen molar-refractivity contribution < 1.29 is 14.6 Å². The van der Waals surface area contributed by atoms with Crippen molar-refractivity contribution in [2.75, 3.05) is 13.7 Å². The Kier molecular flexibility index (Phi) is 5.71. The summed E-state index contributed by atoms with van der Waals surface area (Å²) in [5.41, 5.74) is 2.86. The first-order chi connectivity index (χ1) is 12.5. The van der Waals surface area contributed by atoms with Gasteiger partial charge < -0.3 is 14.7 Å². The summed E-state index contributed by atoms with van der Waals surface area (Å²) in [5, 5.41) is 10.7. The smallest absolute Gasteiger partial charge is 0.278 e. The summed E-state index contributed by atoms with van der Waals surface area (Å²) >= 11 is 6.23. The number of benzene rings is 2. The van der Waals surface area contributed by atoms with E-state index in [-0.39, 0.29) is 6.54 Å². The molecule has 1 aliphatic rings. The molecule has 1 heterocycles. The van der Waals surface area contributed by atoms with Gasteiger partial charge >= 0.3 is 0 Å². The first kappa shape index (κ1) is 18.6. The summed E-state index contributed by atoms with van der Waals surface area (Å²) in [6, 6.07) is 15.4. The normalized spacial score (nSPS) is 18.6. The Balaban J connectivity index is 1.94. The highest BCUT2D eigenvalue weighted by Gasteiger charge is 2.33. The molecule has 2 aromatic carbocycles. The standard InChI is InChI=1S/C20H21ClN2O3/c1-13-8-9-14(10-16(13)21)11-23-12-17(24)20(25)22-19(23)18(26-2)15-6-4-3-5-7-15/h3-10,17-18,24H,11-12H2,1-2H3. The zero-order valence-corrected chi connectivity index (χ0v) is 15.5. The van der Waals surface area contributed by atoms with E-state index < -0.39 is 18.1 Å². The number of aliphatic imine (C=N–C) groups is 1. The number of aryl methyl sites for hydroxylation is 1. The number of hydrogen-bond acceptors (Lipinski definition) is 4. The zero-order valence-electron chi connectivity index (χ0n) is 14.7. The third-order valence-corrected chi connectivity index (χ3v) is 4.82. The van der Waals surface area contributed by atoms with Crippen LogP contribution in [-0.2, 0) is 16.1 Å². The van der Waals surface area contributed by atoms with Gasteiger partial charge in [0.15, 0.2) is 6.10 Å². The third kappa shape index (κ3) is 3.96. The molecule has 0 fully saturated rings. The number of amides is 1. The summed E-state index contributed by atoms with van der Waals surface area (Å²) in [6.07, 6.45) is -1.64. The number of carbonyl (C=O) groups is 1. The van der Waals surface area contributed by atoms with Gasteiger partial charge in [0.1, 0.15) is 11.9 Å². The molecular weight excluding hydrogens is 352 g/mol. The average molecular weight is 373 g/mol. The maximum Gasteiger partial charge on any atom is 0.278 e. The van der Waals surface area contributed by atoms with Gasteiger partial charge in [-0.3, -0.25) is 4.79 Å². The molecule has 3 rings (SSSR count). The molecule has 136 valence electrons. The van der Waals surface area contributed by atoms with E-state index in [2.05, 4.69) is 4.99 Å². The Bertz CT molecular complexity index is 823. The van der Waals surface area contributed by atoms with E-state index >= 15 is 0 Å². The molecule has 0 saturated heterocycles. The molecule has 0 saturated carbocycles. The lowest BCUT2D eigenvalue weighted by atomic mass is 10.0. The van der Waals surface area contributed by atoms with Crippen LogP contribution in [0.3, 0.4) is 0 Å². The van der Waals surface area contributed by atoms with Crippen molar-refractivity contribution in [3.8, 4) is 0 Å². The predicted octanol–water partition coefficient (Wildman–Crippen LogP) is 3.14. The minimum Gasteiger partial charge on any atom is -0.381 e. The molecule has 6 heteroatoms. The molecule has 0 radical (unpaired) electrons. The van der Waals surface area contributed by atoms with Crippen LogP contribution in [0.5, 0.6) is 0 Å². The quantitative estimate of drug-likeness (QED) is 0.875. The number of aliphatic hydroxyl groups is 1. The number of ether oxygens (including phenoxy) is 1. The SMILES string of the molecule is COC(C1=NC(=O)C(O)CN1Cc1ccc(C)c(Cl)c1)c1ccccc1. The highest BCUT2D eigenvalue weighted by Crippen LogP contribution is 2.25. The van der Waals surface area contributed by atoms with Gasteiger partial charge in [-0.15, -0.1) is 0 Å². The van der Waals surface area contributed by atoms with Gasteiger partial charge in [0, 0.05) is 18.7 Å². The molecule has 0 aliphatic carbocycles. The van der Waals surface area contributed by atoms with Gasteiger partial charge in [-0.25, -0.2) is 0 Å². The monoisotopic (exact) mass is 372 g/mol. The second-order valence-electron chi connectivity index (χ2n) is 6.31. The highest BCUT2D eigenvalue weighted by atomic mass is 35.5. The van der Waals surface area contributed by atoms with Gasteiger partial charge in [-0.05, 0) is 29.7 Å². The van der Waals surface area contributed by atoms with Crippen LogP contribution in [0.1, 0.15) is 22.8 Å². The van der Waals surface area contributed by atoms with Crippen molar-refractivity contribution in [2.24, 2.45) is 4.99 Å². The number of hydrogen-bond donors (Lipinski definition) is 1. The molecule has 1 N–H and O–H groups in total. The predicted molar refractivity (Wildman–Crippen MR) is 101 cm³/mol. The molecule has 2 unspecified atom stereocenters. The molecule has 0 aromatic heterocycles. The minimum absolute atomic E-state index is 0.163. The number of amidine groups is 1. The van der Waals surface area contributed by atoms with E-state index in [1.807, 2.05) is 60.4 Å². The number of methoxy groups -OCH3 is 1. The largest absolute Gasteiger partial charge is 0.381 e. The number of carbonyl (C=O) groups excluding carboxylic acids is 1. The maximum absolute atomic E-state index is 12.0. The number of halogens is 1. The van der Waals surface area contributed by atoms with Gasteiger partial charge in [-0.2, -0.15) is 4.99 Å². The zero-order chi connectivity index (χ0) is 18.7. The highest BCUT2D eigenvalue weighted by molar-refractivity contribution is 6.31. The first-order valence-electron chi connectivity index (χ1n) is 8.38. The molecule has 0 bridgehead atoms. The topological polar surface area (TPSA) is 62.1 Å². The summed E-state index contributed by atoms with van der Waals surface area (Å²) in [6.45, 7) is 2.57. The lowest BCUT2D eigenvalue weighted by Crippen LogP contribution is -2.47. The van der Waals surface area contributed by atoms with Gasteiger partial charge in [0.2, 0.25) is 0 Å². The molecule has 2 atom stereocenters. The van der Waals surface area contributed by atoms with Gasteiger partial charge in [0.05, 0.1) is 6.54 Å². The van der Waals surface area contributed by atoms with Crippen molar-refractivity contribution in [1.82, 2.24) is 4.90 Å². The van der Waals surface area contributed by atoms with Crippen LogP contribution in [0.4, 0.5) is 0 Å². The lowest BCUT2D eigenvalue weighted by Gasteiger charge is -2.34. The van der Waals surface area contributed by atoms with Crippen molar-refractivity contribution in [2.45, 2.75) is 25.7 Å². The first-order valence-corrected chi connectivity index (χ1v) is 8.75. The fourth-order valence-corrected chi connectivity index (χ4v) is 3.19. The average Bonchev–Trinajstić information content (AvgIpc) is 2.63. The molecule has 5 nitrogen and oxygen atoms in total. The van der Waals surface area contributed by atoms with E-state index in [1.165, 1.54) is 0 Å². The van der Waals surface area contributed by atoms with Crippen LogP contribution < -0.4 is 0 Å². The van der Waals surface area contributed by atoms with E-state index in [1.54, 1.807) is 7.11 Å². The van der Waals surface area contributed by atoms with Crippen molar-refractivity contribution in [1.29, 1.82) is 0 Å². The fourth-order valence-electron chi connectivity index (χ4n) is 2.98. The number of rotatable bonds is 5. The van der Waals surface area contributed by atoms with Crippen molar-refractivity contribution >= 4 is 23.3 Å². The van der Waals surface area contributed by atoms with Crippen LogP contribution in [0.15, 0.2) is 53.5 Å². The Morgan fingerprint density at radius 2 is 2.04 bits per heavy atom. The Morgan fingerprint density at radius 3 is 2.69 bits per heavy atom. The summed E-state index contributed by atoms with van der Waals surface area (Å²) in [7, 11) is 1.58. The molecule has 1 amide bonds. The Morgan fingerprint density at radius 1 is 1.31 bits per heavy atom. The Labute approximate surface area is 157 Å². The van der Waals surface area contributed by atoms with E-state index in [0.717, 1.165) is 16.7 Å². The van der Waals surface area contributed by atoms with E-state index in [4.69, 9.17) is 16.3 Å². The second-order valence-corrected chi connectivity index (χ2v) is 6.72. The number of nitrogens with zero attached hydrogens (tertiary/aromatic N) is 2. The lowest BCUT2D eigenvalue weighted by molar-refractivity contribution is -0.127. The van der Waals surface area contributed by atoms with Crippen molar-refractivity contribution in [3.63, 3.8) is 0 Å². The molecular formula is C20H21ClN2O3. The van der Waals surface area contributed by atoms with E-state index in [0.29, 0.717) is 17.4 Å². The molecule has 1 aliphatic heterocycles. The van der Waals surface area contributed by atoms with Crippen LogP contribution in [-0.4, -0.2) is 41.5 Å². The third-order valence-electron chi connectivity index (χ3n) is 4.41. The van der Waals surface area contributed by atoms with Crippen LogP contribution in [0.2, 0.25) is 5.02 Å². The molecule has 26 heavy (non-hydrogen) atoms. The summed E-state index contributed by atoms with van der Waals surface area (Å²) in [4.78, 5) is 18.0. The van der Waals surface area contributed by atoms with Crippen LogP contribution >= 0.6 is 11.6 Å². The maximum atomic E-state index is 12.0. The summed E-state index contributed by atoms with van der Waals surface area (Å²) in [5.74, 6) is -0.0538. The Hall–Kier alpha value is -2.21. The fraction of sp³-hybridized carbons (Fsp3) is 0.300. The van der Waals surface area contributed by atoms with Crippen LogP contribution in [0, 0.1) is 6.92 Å². The van der Waals surface area contributed by atoms with E-state index in [9.17, 15) is 9.90 Å². The minimum atomic E-state index is -1.15. The number of β-amino-alcohol motifs (C(OH)–C–C–N with tert-alkyl or cyclic N) is 1. The van der Waals surface area contributed by atoms with Gasteiger partial charge in [-0.1, -0.05) is 54.1 Å². The van der Waals surface area contributed by atoms with Gasteiger partial charge in [0.25, 0.3) is 5.91 Å². The summed E-state index contributed by atoms with van der Waals surface area (Å²) < 4.78 is 5.64. The van der Waals surface area contributed by atoms with Crippen LogP contribution in [0.25, 0.3) is 0 Å². The molecule has 2 aromatic rings.